The molecule has 0 atom stereocenters. The number of hydrogen-bond donors (Lipinski definition) is 0. The van der Waals surface area contributed by atoms with Crippen molar-refractivity contribution in [2.75, 3.05) is 26.3 Å². The van der Waals surface area contributed by atoms with Gasteiger partial charge in [0.05, 0.1) is 19.9 Å². The van der Waals surface area contributed by atoms with E-state index in [1.54, 1.807) is 6.33 Å². The summed E-state index contributed by atoms with van der Waals surface area (Å²) in [7, 11) is 0. The van der Waals surface area contributed by atoms with Crippen molar-refractivity contribution in [1.29, 1.82) is 0 Å². The molecule has 0 saturated carbocycles. The Bertz CT molecular complexity index is 711. The molecule has 7 heteroatoms. The molecule has 1 spiro atoms. The van der Waals surface area contributed by atoms with Crippen LogP contribution in [0.15, 0.2) is 36.7 Å². The first kappa shape index (κ1) is 15.0. The molecule has 1 aromatic heterocycles. The highest BCUT2D eigenvalue weighted by atomic mass is 32.1. The number of likely N-dealkylation sites (tertiary alicyclic amines) is 1. The molecule has 0 bridgehead atoms. The molecule has 4 rings (SSSR count). The third kappa shape index (κ3) is 2.97. The third-order valence-corrected chi connectivity index (χ3v) is 4.94. The molecule has 0 N–H and O–H groups in total. The van der Waals surface area contributed by atoms with E-state index in [0.717, 1.165) is 31.6 Å². The van der Waals surface area contributed by atoms with Crippen LogP contribution in [0, 0.1) is 4.77 Å². The number of rotatable bonds is 3. The largest absolute Gasteiger partial charge is 0.347 e. The number of piperidine rings is 1. The molecule has 0 unspecified atom stereocenters. The van der Waals surface area contributed by atoms with E-state index in [1.807, 2.05) is 39.6 Å². The topological polar surface area (TPSA) is 44.5 Å². The smallest absolute Gasteiger partial charge is 0.203 e. The van der Waals surface area contributed by atoms with Crippen molar-refractivity contribution in [3.05, 3.63) is 41.4 Å². The minimum atomic E-state index is -0.332. The number of ether oxygens (including phenoxy) is 2. The fourth-order valence-corrected chi connectivity index (χ4v) is 3.47. The Kier molecular flexibility index (Phi) is 4.02. The van der Waals surface area contributed by atoms with Crippen molar-refractivity contribution < 1.29 is 9.47 Å². The zero-order valence-corrected chi connectivity index (χ0v) is 13.7. The first-order chi connectivity index (χ1) is 11.3. The summed E-state index contributed by atoms with van der Waals surface area (Å²) < 4.78 is 16.1. The SMILES string of the molecule is S=c1n(-c2ccccc2)cnn1CN1CCC2(CC1)OCCO2. The van der Waals surface area contributed by atoms with E-state index in [-0.39, 0.29) is 5.79 Å². The summed E-state index contributed by atoms with van der Waals surface area (Å²) in [5.74, 6) is -0.332. The van der Waals surface area contributed by atoms with Crippen molar-refractivity contribution in [2.24, 2.45) is 0 Å². The molecule has 2 aliphatic rings. The van der Waals surface area contributed by atoms with Crippen LogP contribution in [0.1, 0.15) is 12.8 Å². The van der Waals surface area contributed by atoms with Crippen LogP contribution in [0.4, 0.5) is 0 Å². The first-order valence-corrected chi connectivity index (χ1v) is 8.37. The van der Waals surface area contributed by atoms with Gasteiger partial charge in [-0.1, -0.05) is 18.2 Å². The maximum atomic E-state index is 5.77. The lowest BCUT2D eigenvalue weighted by molar-refractivity contribution is -0.187. The second kappa shape index (κ2) is 6.16. The van der Waals surface area contributed by atoms with Crippen LogP contribution >= 0.6 is 12.2 Å². The zero-order chi connectivity index (χ0) is 15.7. The lowest BCUT2D eigenvalue weighted by atomic mass is 10.0. The van der Waals surface area contributed by atoms with E-state index >= 15 is 0 Å². The van der Waals surface area contributed by atoms with Gasteiger partial charge in [-0.2, -0.15) is 5.10 Å². The van der Waals surface area contributed by atoms with Crippen LogP contribution in [0.25, 0.3) is 5.69 Å². The van der Waals surface area contributed by atoms with Crippen molar-refractivity contribution in [3.8, 4) is 5.69 Å². The molecule has 0 aliphatic carbocycles. The van der Waals surface area contributed by atoms with E-state index in [1.165, 1.54) is 0 Å². The summed E-state index contributed by atoms with van der Waals surface area (Å²) in [5, 5.41) is 4.45. The molecular formula is C16H20N4O2S. The molecule has 2 saturated heterocycles. The van der Waals surface area contributed by atoms with Crippen LogP contribution in [0.5, 0.6) is 0 Å². The summed E-state index contributed by atoms with van der Waals surface area (Å²) in [6.45, 7) is 3.99. The second-order valence-electron chi connectivity index (χ2n) is 5.99. The quantitative estimate of drug-likeness (QED) is 0.806. The van der Waals surface area contributed by atoms with Crippen molar-refractivity contribution in [1.82, 2.24) is 19.2 Å². The van der Waals surface area contributed by atoms with Gasteiger partial charge in [-0.25, -0.2) is 4.68 Å². The number of hydrogen-bond acceptors (Lipinski definition) is 5. The van der Waals surface area contributed by atoms with Crippen molar-refractivity contribution in [3.63, 3.8) is 0 Å². The second-order valence-corrected chi connectivity index (χ2v) is 6.35. The van der Waals surface area contributed by atoms with Gasteiger partial charge in [0.1, 0.15) is 6.33 Å². The van der Waals surface area contributed by atoms with Gasteiger partial charge >= 0.3 is 0 Å². The van der Waals surface area contributed by atoms with Crippen LogP contribution in [-0.2, 0) is 16.1 Å². The lowest BCUT2D eigenvalue weighted by Gasteiger charge is -2.37. The summed E-state index contributed by atoms with van der Waals surface area (Å²) in [5.41, 5.74) is 1.04. The molecule has 0 amide bonds. The minimum absolute atomic E-state index is 0.332. The van der Waals surface area contributed by atoms with Crippen molar-refractivity contribution in [2.45, 2.75) is 25.3 Å². The fraction of sp³-hybridized carbons (Fsp3) is 0.500. The maximum Gasteiger partial charge on any atom is 0.203 e. The minimum Gasteiger partial charge on any atom is -0.347 e. The maximum absolute atomic E-state index is 5.77. The highest BCUT2D eigenvalue weighted by Gasteiger charge is 2.39. The van der Waals surface area contributed by atoms with E-state index in [0.29, 0.717) is 24.7 Å². The van der Waals surface area contributed by atoms with Crippen molar-refractivity contribution >= 4 is 12.2 Å². The van der Waals surface area contributed by atoms with Crippen LogP contribution in [-0.4, -0.2) is 51.3 Å². The fourth-order valence-electron chi connectivity index (χ4n) is 3.21. The average molecular weight is 332 g/mol. The predicted molar refractivity (Wildman–Crippen MR) is 87.8 cm³/mol. The molecule has 0 radical (unpaired) electrons. The van der Waals surface area contributed by atoms with E-state index in [4.69, 9.17) is 21.7 Å². The summed E-state index contributed by atoms with van der Waals surface area (Å²) in [4.78, 5) is 2.34. The van der Waals surface area contributed by atoms with Crippen LogP contribution < -0.4 is 0 Å². The Morgan fingerprint density at radius 2 is 1.78 bits per heavy atom. The monoisotopic (exact) mass is 332 g/mol. The average Bonchev–Trinajstić information content (AvgIpc) is 3.19. The molecule has 1 aromatic carbocycles. The zero-order valence-electron chi connectivity index (χ0n) is 12.9. The summed E-state index contributed by atoms with van der Waals surface area (Å²) in [6, 6.07) is 10.1. The number of para-hydroxylation sites is 1. The summed E-state index contributed by atoms with van der Waals surface area (Å²) in [6.07, 6.45) is 3.59. The Morgan fingerprint density at radius 3 is 2.48 bits per heavy atom. The Hall–Kier alpha value is -1.54. The molecule has 2 aliphatic heterocycles. The molecule has 2 aromatic rings. The highest BCUT2D eigenvalue weighted by Crippen LogP contribution is 2.31. The highest BCUT2D eigenvalue weighted by molar-refractivity contribution is 7.71. The van der Waals surface area contributed by atoms with Gasteiger partial charge in [-0.15, -0.1) is 0 Å². The van der Waals surface area contributed by atoms with E-state index in [9.17, 15) is 0 Å². The number of nitrogens with zero attached hydrogens (tertiary/aromatic N) is 4. The van der Waals surface area contributed by atoms with Gasteiger partial charge in [0.2, 0.25) is 4.77 Å². The van der Waals surface area contributed by atoms with Gasteiger partial charge in [-0.3, -0.25) is 9.47 Å². The molecule has 2 fully saturated rings. The molecule has 3 heterocycles. The van der Waals surface area contributed by atoms with Gasteiger partial charge in [0.25, 0.3) is 0 Å². The molecule has 6 nitrogen and oxygen atoms in total. The third-order valence-electron chi connectivity index (χ3n) is 4.53. The first-order valence-electron chi connectivity index (χ1n) is 7.96. The van der Waals surface area contributed by atoms with E-state index in [2.05, 4.69) is 10.00 Å². The Balaban J connectivity index is 1.44. The van der Waals surface area contributed by atoms with Gasteiger partial charge in [0, 0.05) is 31.6 Å². The molecule has 122 valence electrons. The molecule has 23 heavy (non-hydrogen) atoms. The van der Waals surface area contributed by atoms with Gasteiger partial charge in [0.15, 0.2) is 5.79 Å². The summed E-state index contributed by atoms with van der Waals surface area (Å²) >= 11 is 5.56. The van der Waals surface area contributed by atoms with Gasteiger partial charge < -0.3 is 9.47 Å². The van der Waals surface area contributed by atoms with Crippen LogP contribution in [0.2, 0.25) is 0 Å². The van der Waals surface area contributed by atoms with E-state index < -0.39 is 0 Å². The number of aromatic nitrogens is 3. The normalized spacial score (nSPS) is 21.0. The lowest BCUT2D eigenvalue weighted by Crippen LogP contribution is -2.45. The standard InChI is InChI=1S/C16H20N4O2S/c23-15-19(14-4-2-1-3-5-14)12-17-20(15)13-18-8-6-16(7-9-18)21-10-11-22-16/h1-5,12H,6-11,13H2. The predicted octanol–water partition coefficient (Wildman–Crippen LogP) is 2.20. The Morgan fingerprint density at radius 1 is 1.09 bits per heavy atom. The molecular weight excluding hydrogens is 312 g/mol. The van der Waals surface area contributed by atoms with Crippen LogP contribution in [0.3, 0.4) is 0 Å². The Labute approximate surface area is 140 Å². The van der Waals surface area contributed by atoms with Gasteiger partial charge in [-0.05, 0) is 24.4 Å². The number of benzene rings is 1.